The minimum absolute atomic E-state index is 0.343. The molecule has 0 aromatic rings. The largest absolute Gasteiger partial charge is 0.312 e. The third-order valence-electron chi connectivity index (χ3n) is 0.789. The van der Waals surface area contributed by atoms with Crippen molar-refractivity contribution in [1.29, 1.82) is 0 Å². The van der Waals surface area contributed by atoms with Crippen molar-refractivity contribution in [3.8, 4) is 0 Å². The summed E-state index contributed by atoms with van der Waals surface area (Å²) in [5, 5.41) is 0. The molecule has 1 nitrogen and oxygen atoms in total. The molecule has 0 aromatic heterocycles. The normalized spacial score (nSPS) is 7.67. The number of hydrogen-bond acceptors (Lipinski definition) is 1. The lowest BCUT2D eigenvalue weighted by atomic mass is 9.75. The molecule has 0 atom stereocenters. The van der Waals surface area contributed by atoms with E-state index in [1.807, 2.05) is 13.7 Å². The van der Waals surface area contributed by atoms with Gasteiger partial charge in [-0.15, -0.1) is 0 Å². The van der Waals surface area contributed by atoms with Crippen molar-refractivity contribution >= 4 is 13.0 Å². The van der Waals surface area contributed by atoms with Crippen LogP contribution in [-0.4, -0.2) is 13.0 Å². The quantitative estimate of drug-likeness (QED) is 0.442. The Hall–Kier alpha value is -0.265. The average Bonchev–Trinajstić information content (AvgIpc) is 1.65. The molecule has 0 unspecified atom stereocenters. The first-order valence-electron chi connectivity index (χ1n) is 2.33. The van der Waals surface area contributed by atoms with Crippen molar-refractivity contribution < 1.29 is 4.79 Å². The van der Waals surface area contributed by atoms with Crippen LogP contribution in [0.4, 0.5) is 0 Å². The van der Waals surface area contributed by atoms with Crippen molar-refractivity contribution in [1.82, 2.24) is 0 Å². The minimum atomic E-state index is 0.343. The van der Waals surface area contributed by atoms with Crippen molar-refractivity contribution in [2.75, 3.05) is 0 Å². The van der Waals surface area contributed by atoms with E-state index in [2.05, 4.69) is 0 Å². The molecule has 6 heavy (non-hydrogen) atoms. The summed E-state index contributed by atoms with van der Waals surface area (Å²) >= 11 is 0. The maximum Gasteiger partial charge on any atom is 0.202 e. The van der Waals surface area contributed by atoms with Crippen LogP contribution in [0.1, 0.15) is 13.3 Å². The highest BCUT2D eigenvalue weighted by Gasteiger charge is 1.89. The van der Waals surface area contributed by atoms with Crippen LogP contribution >= 0.6 is 0 Å². The maximum atomic E-state index is 10.2. The molecule has 0 radical (unpaired) electrons. The second kappa shape index (κ2) is 2.95. The zero-order valence-corrected chi connectivity index (χ0v) is 4.32. The summed E-state index contributed by atoms with van der Waals surface area (Å²) in [6.07, 6.45) is 0.691. The Kier molecular flexibility index (Phi) is 2.82. The monoisotopic (exact) mass is 84.1 g/mol. The summed E-state index contributed by atoms with van der Waals surface area (Å²) < 4.78 is 0. The number of carbonyl (C=O) groups is 1. The minimum Gasteiger partial charge on any atom is -0.312 e. The van der Waals surface area contributed by atoms with Crippen molar-refractivity contribution in [2.45, 2.75) is 20.2 Å². The Morgan fingerprint density at radius 3 is 2.33 bits per heavy atom. The molecule has 0 aliphatic carbocycles. The highest BCUT2D eigenvalue weighted by atomic mass is 16.1. The second-order valence-electron chi connectivity index (χ2n) is 1.25. The lowest BCUT2D eigenvalue weighted by molar-refractivity contribution is -0.111. The summed E-state index contributed by atoms with van der Waals surface area (Å²) in [5.41, 5.74) is 0.343. The molecule has 2 heteroatoms. The Balaban J connectivity index is 2.99. The van der Waals surface area contributed by atoms with Crippen LogP contribution in [-0.2, 0) is 4.79 Å². The third kappa shape index (κ3) is 2.00. The Morgan fingerprint density at radius 2 is 2.33 bits per heavy atom. The third-order valence-corrected chi connectivity index (χ3v) is 0.789. The predicted molar refractivity (Wildman–Crippen MR) is 28.3 cm³/mol. The van der Waals surface area contributed by atoms with Crippen LogP contribution in [0.25, 0.3) is 0 Å². The van der Waals surface area contributed by atoms with Gasteiger partial charge in [-0.3, -0.25) is 0 Å². The molecule has 0 aliphatic rings. The van der Waals surface area contributed by atoms with E-state index in [1.165, 1.54) is 0 Å². The van der Waals surface area contributed by atoms with E-state index in [1.54, 1.807) is 0 Å². The standard InChI is InChI=1S/C4H9BO/c1-3-4(6)5-2/h5H,3H2,1-2H3. The fourth-order valence-corrected chi connectivity index (χ4v) is 0.250. The number of rotatable bonds is 2. The van der Waals surface area contributed by atoms with E-state index in [0.29, 0.717) is 19.4 Å². The van der Waals surface area contributed by atoms with Gasteiger partial charge in [-0.05, 0) is 6.42 Å². The zero-order valence-electron chi connectivity index (χ0n) is 4.32. The Bertz CT molecular complexity index is 45.5. The van der Waals surface area contributed by atoms with Gasteiger partial charge in [0.1, 0.15) is 0 Å². The number of hydrogen-bond donors (Lipinski definition) is 0. The summed E-state index contributed by atoms with van der Waals surface area (Å²) in [4.78, 5) is 10.2. The Morgan fingerprint density at radius 1 is 1.83 bits per heavy atom. The highest BCUT2D eigenvalue weighted by molar-refractivity contribution is 6.72. The van der Waals surface area contributed by atoms with E-state index in [9.17, 15) is 4.79 Å². The molecule has 0 heterocycles. The molecule has 0 amide bonds. The van der Waals surface area contributed by atoms with E-state index in [0.717, 1.165) is 0 Å². The molecule has 0 saturated heterocycles. The molecule has 0 spiro atoms. The topological polar surface area (TPSA) is 17.1 Å². The van der Waals surface area contributed by atoms with Gasteiger partial charge in [-0.25, -0.2) is 0 Å². The van der Waals surface area contributed by atoms with Gasteiger partial charge < -0.3 is 4.79 Å². The van der Waals surface area contributed by atoms with Gasteiger partial charge in [0, 0.05) is 0 Å². The van der Waals surface area contributed by atoms with E-state index >= 15 is 0 Å². The van der Waals surface area contributed by atoms with Gasteiger partial charge in [0.05, 0.1) is 5.68 Å². The van der Waals surface area contributed by atoms with Gasteiger partial charge in [0.15, 0.2) is 0 Å². The summed E-state index contributed by atoms with van der Waals surface area (Å²) in [6, 6.07) is 0. The lowest BCUT2D eigenvalue weighted by Crippen LogP contribution is -2.00. The van der Waals surface area contributed by atoms with E-state index < -0.39 is 0 Å². The molecule has 0 fully saturated rings. The van der Waals surface area contributed by atoms with Crippen LogP contribution in [0, 0.1) is 0 Å². The first-order valence-corrected chi connectivity index (χ1v) is 2.33. The summed E-state index contributed by atoms with van der Waals surface area (Å²) in [5.74, 6) is 0. The zero-order chi connectivity index (χ0) is 4.99. The molecule has 0 saturated carbocycles. The lowest BCUT2D eigenvalue weighted by Gasteiger charge is -1.79. The van der Waals surface area contributed by atoms with Crippen LogP contribution in [0.2, 0.25) is 6.82 Å². The number of carbonyl (C=O) groups excluding carboxylic acids is 1. The van der Waals surface area contributed by atoms with Crippen molar-refractivity contribution in [2.24, 2.45) is 0 Å². The van der Waals surface area contributed by atoms with Gasteiger partial charge in [0.2, 0.25) is 7.28 Å². The van der Waals surface area contributed by atoms with Crippen LogP contribution in [0.15, 0.2) is 0 Å². The molecular formula is C4H9BO. The molecule has 0 aromatic carbocycles. The van der Waals surface area contributed by atoms with Gasteiger partial charge in [0.25, 0.3) is 0 Å². The van der Waals surface area contributed by atoms with Crippen LogP contribution in [0.3, 0.4) is 0 Å². The van der Waals surface area contributed by atoms with E-state index in [4.69, 9.17) is 0 Å². The van der Waals surface area contributed by atoms with Gasteiger partial charge in [-0.2, -0.15) is 0 Å². The van der Waals surface area contributed by atoms with Gasteiger partial charge >= 0.3 is 0 Å². The van der Waals surface area contributed by atoms with Crippen LogP contribution in [0.5, 0.6) is 0 Å². The SMILES string of the molecule is CBC(=O)CC. The molecule has 0 bridgehead atoms. The van der Waals surface area contributed by atoms with Crippen molar-refractivity contribution in [3.63, 3.8) is 0 Å². The first kappa shape index (κ1) is 5.73. The fraction of sp³-hybridized carbons (Fsp3) is 0.750. The van der Waals surface area contributed by atoms with E-state index in [-0.39, 0.29) is 0 Å². The predicted octanol–water partition coefficient (Wildman–Crippen LogP) is 0.408. The summed E-state index contributed by atoms with van der Waals surface area (Å²) in [6.45, 7) is 3.76. The molecule has 0 rings (SSSR count). The molecular weight excluding hydrogens is 74.9 g/mol. The first-order chi connectivity index (χ1) is 2.81. The smallest absolute Gasteiger partial charge is 0.202 e. The molecule has 0 aliphatic heterocycles. The van der Waals surface area contributed by atoms with Crippen LogP contribution < -0.4 is 0 Å². The maximum absolute atomic E-state index is 10.2. The van der Waals surface area contributed by atoms with Gasteiger partial charge in [-0.1, -0.05) is 13.7 Å². The molecule has 0 N–H and O–H groups in total. The fourth-order valence-electron chi connectivity index (χ4n) is 0.250. The van der Waals surface area contributed by atoms with Crippen molar-refractivity contribution in [3.05, 3.63) is 0 Å². The average molecular weight is 83.9 g/mol. The second-order valence-corrected chi connectivity index (χ2v) is 1.25. The highest BCUT2D eigenvalue weighted by Crippen LogP contribution is 1.73. The Labute approximate surface area is 39.0 Å². The summed E-state index contributed by atoms with van der Waals surface area (Å²) in [7, 11) is 0.691. The molecule has 34 valence electrons.